The summed E-state index contributed by atoms with van der Waals surface area (Å²) in [5, 5.41) is 3.43. The lowest BCUT2D eigenvalue weighted by Gasteiger charge is -2.13. The molecule has 0 saturated carbocycles. The predicted octanol–water partition coefficient (Wildman–Crippen LogP) is 4.32. The van der Waals surface area contributed by atoms with Crippen LogP contribution in [-0.2, 0) is 4.79 Å². The fourth-order valence-electron chi connectivity index (χ4n) is 2.22. The number of nitrogens with one attached hydrogen (secondary N) is 1. The molecule has 1 aromatic heterocycles. The molecule has 1 heterocycles. The highest BCUT2D eigenvalue weighted by Gasteiger charge is 2.17. The molecule has 0 radical (unpaired) electrons. The number of aromatic nitrogens is 1. The highest BCUT2D eigenvalue weighted by Crippen LogP contribution is 2.28. The standard InChI is InChI=1S/C18H18N2O2S/c1-11-7-9-14(10-8-11)22-13(3)17(21)20-18-19-16-12(2)5-4-6-15(16)23-18/h4-10,13H,1-3H3,(H,19,20,21)/t13-/m1/s1. The number of rotatable bonds is 4. The monoisotopic (exact) mass is 326 g/mol. The van der Waals surface area contributed by atoms with Crippen LogP contribution in [-0.4, -0.2) is 17.0 Å². The van der Waals surface area contributed by atoms with Crippen molar-refractivity contribution < 1.29 is 9.53 Å². The van der Waals surface area contributed by atoms with Crippen molar-refractivity contribution in [2.75, 3.05) is 5.32 Å². The van der Waals surface area contributed by atoms with E-state index < -0.39 is 6.10 Å². The maximum Gasteiger partial charge on any atom is 0.266 e. The Bertz CT molecular complexity index is 840. The van der Waals surface area contributed by atoms with Crippen molar-refractivity contribution in [3.05, 3.63) is 53.6 Å². The molecule has 0 aliphatic rings. The zero-order valence-electron chi connectivity index (χ0n) is 13.3. The summed E-state index contributed by atoms with van der Waals surface area (Å²) in [7, 11) is 0. The number of hydrogen-bond donors (Lipinski definition) is 1. The van der Waals surface area contributed by atoms with E-state index in [0.717, 1.165) is 21.3 Å². The summed E-state index contributed by atoms with van der Waals surface area (Å²) in [6.07, 6.45) is -0.592. The van der Waals surface area contributed by atoms with E-state index in [1.54, 1.807) is 6.92 Å². The van der Waals surface area contributed by atoms with Gasteiger partial charge in [0.1, 0.15) is 5.75 Å². The van der Waals surface area contributed by atoms with E-state index in [0.29, 0.717) is 10.9 Å². The molecule has 23 heavy (non-hydrogen) atoms. The van der Waals surface area contributed by atoms with Gasteiger partial charge in [0.15, 0.2) is 11.2 Å². The zero-order chi connectivity index (χ0) is 16.4. The van der Waals surface area contributed by atoms with Crippen LogP contribution in [0.25, 0.3) is 10.2 Å². The molecule has 118 valence electrons. The Kier molecular flexibility index (Phi) is 4.30. The molecule has 4 nitrogen and oxygen atoms in total. The van der Waals surface area contributed by atoms with Crippen LogP contribution < -0.4 is 10.1 Å². The molecule has 1 amide bonds. The number of benzene rings is 2. The molecule has 0 saturated heterocycles. The Morgan fingerprint density at radius 3 is 2.61 bits per heavy atom. The molecule has 3 rings (SSSR count). The van der Waals surface area contributed by atoms with Gasteiger partial charge in [-0.25, -0.2) is 4.98 Å². The quantitative estimate of drug-likeness (QED) is 0.777. The summed E-state index contributed by atoms with van der Waals surface area (Å²) in [5.41, 5.74) is 3.18. The maximum absolute atomic E-state index is 12.3. The van der Waals surface area contributed by atoms with Gasteiger partial charge in [-0.15, -0.1) is 0 Å². The predicted molar refractivity (Wildman–Crippen MR) is 94.3 cm³/mol. The third-order valence-electron chi connectivity index (χ3n) is 3.55. The summed E-state index contributed by atoms with van der Waals surface area (Å²) < 4.78 is 6.73. The second kappa shape index (κ2) is 6.38. The molecule has 1 N–H and O–H groups in total. The number of aryl methyl sites for hydroxylation is 2. The van der Waals surface area contributed by atoms with Crippen LogP contribution in [0, 0.1) is 13.8 Å². The van der Waals surface area contributed by atoms with Gasteiger partial charge in [0.2, 0.25) is 0 Å². The third kappa shape index (κ3) is 3.51. The first-order valence-corrected chi connectivity index (χ1v) is 8.25. The van der Waals surface area contributed by atoms with Gasteiger partial charge in [-0.1, -0.05) is 41.2 Å². The summed E-state index contributed by atoms with van der Waals surface area (Å²) in [6, 6.07) is 13.6. The maximum atomic E-state index is 12.3. The van der Waals surface area contributed by atoms with E-state index in [2.05, 4.69) is 10.3 Å². The molecule has 0 fully saturated rings. The van der Waals surface area contributed by atoms with E-state index in [4.69, 9.17) is 4.74 Å². The molecule has 5 heteroatoms. The Labute approximate surface area is 139 Å². The van der Waals surface area contributed by atoms with Crippen LogP contribution >= 0.6 is 11.3 Å². The molecule has 0 aliphatic carbocycles. The molecule has 1 atom stereocenters. The number of anilines is 1. The van der Waals surface area contributed by atoms with Crippen molar-refractivity contribution in [2.45, 2.75) is 26.9 Å². The molecule has 0 bridgehead atoms. The topological polar surface area (TPSA) is 51.2 Å². The second-order valence-electron chi connectivity index (χ2n) is 5.50. The first kappa shape index (κ1) is 15.5. The number of carbonyl (C=O) groups excluding carboxylic acids is 1. The Hall–Kier alpha value is -2.40. The molecular weight excluding hydrogens is 308 g/mol. The van der Waals surface area contributed by atoms with Gasteiger partial charge in [0.25, 0.3) is 5.91 Å². The van der Waals surface area contributed by atoms with Crippen LogP contribution in [0.4, 0.5) is 5.13 Å². The lowest BCUT2D eigenvalue weighted by atomic mass is 10.2. The molecule has 0 aliphatic heterocycles. The summed E-state index contributed by atoms with van der Waals surface area (Å²) in [4.78, 5) is 16.8. The third-order valence-corrected chi connectivity index (χ3v) is 4.49. The normalized spacial score (nSPS) is 12.1. The van der Waals surface area contributed by atoms with Gasteiger partial charge < -0.3 is 4.74 Å². The van der Waals surface area contributed by atoms with E-state index in [-0.39, 0.29) is 5.91 Å². The van der Waals surface area contributed by atoms with Gasteiger partial charge in [-0.05, 0) is 44.5 Å². The van der Waals surface area contributed by atoms with E-state index in [1.807, 2.05) is 56.3 Å². The second-order valence-corrected chi connectivity index (χ2v) is 6.53. The summed E-state index contributed by atoms with van der Waals surface area (Å²) in [6.45, 7) is 5.75. The minimum atomic E-state index is -0.592. The molecule has 0 spiro atoms. The van der Waals surface area contributed by atoms with Crippen LogP contribution in [0.15, 0.2) is 42.5 Å². The largest absolute Gasteiger partial charge is 0.481 e. The average Bonchev–Trinajstić information content (AvgIpc) is 2.93. The minimum absolute atomic E-state index is 0.206. The average molecular weight is 326 g/mol. The Morgan fingerprint density at radius 2 is 1.91 bits per heavy atom. The van der Waals surface area contributed by atoms with E-state index in [1.165, 1.54) is 11.3 Å². The highest BCUT2D eigenvalue weighted by molar-refractivity contribution is 7.22. The van der Waals surface area contributed by atoms with Gasteiger partial charge in [0, 0.05) is 0 Å². The van der Waals surface area contributed by atoms with Gasteiger partial charge in [-0.3, -0.25) is 10.1 Å². The SMILES string of the molecule is Cc1ccc(O[C@H](C)C(=O)Nc2nc3c(C)cccc3s2)cc1. The van der Waals surface area contributed by atoms with Crippen molar-refractivity contribution >= 4 is 32.6 Å². The Morgan fingerprint density at radius 1 is 1.17 bits per heavy atom. The smallest absolute Gasteiger partial charge is 0.266 e. The fraction of sp³-hybridized carbons (Fsp3) is 0.222. The van der Waals surface area contributed by atoms with Gasteiger partial charge >= 0.3 is 0 Å². The number of amides is 1. The van der Waals surface area contributed by atoms with Crippen molar-refractivity contribution in [1.82, 2.24) is 4.98 Å². The number of fused-ring (bicyclic) bond motifs is 1. The Balaban J connectivity index is 1.69. The van der Waals surface area contributed by atoms with E-state index >= 15 is 0 Å². The van der Waals surface area contributed by atoms with Crippen molar-refractivity contribution in [1.29, 1.82) is 0 Å². The number of nitrogens with zero attached hydrogens (tertiary/aromatic N) is 1. The minimum Gasteiger partial charge on any atom is -0.481 e. The first-order chi connectivity index (χ1) is 11.0. The number of hydrogen-bond acceptors (Lipinski definition) is 4. The molecule has 2 aromatic carbocycles. The van der Waals surface area contributed by atoms with Crippen LogP contribution in [0.2, 0.25) is 0 Å². The first-order valence-electron chi connectivity index (χ1n) is 7.43. The zero-order valence-corrected chi connectivity index (χ0v) is 14.1. The van der Waals surface area contributed by atoms with Crippen LogP contribution in [0.3, 0.4) is 0 Å². The lowest BCUT2D eigenvalue weighted by molar-refractivity contribution is -0.122. The molecule has 0 unspecified atom stereocenters. The van der Waals surface area contributed by atoms with Crippen LogP contribution in [0.1, 0.15) is 18.1 Å². The van der Waals surface area contributed by atoms with Gasteiger partial charge in [-0.2, -0.15) is 0 Å². The molecular formula is C18H18N2O2S. The van der Waals surface area contributed by atoms with Gasteiger partial charge in [0.05, 0.1) is 10.2 Å². The molecule has 3 aromatic rings. The number of ether oxygens (including phenoxy) is 1. The number of carbonyl (C=O) groups is 1. The highest BCUT2D eigenvalue weighted by atomic mass is 32.1. The summed E-state index contributed by atoms with van der Waals surface area (Å²) in [5.74, 6) is 0.473. The van der Waals surface area contributed by atoms with E-state index in [9.17, 15) is 4.79 Å². The van der Waals surface area contributed by atoms with Crippen LogP contribution in [0.5, 0.6) is 5.75 Å². The van der Waals surface area contributed by atoms with Crippen molar-refractivity contribution in [3.63, 3.8) is 0 Å². The fourth-order valence-corrected chi connectivity index (χ4v) is 3.17. The van der Waals surface area contributed by atoms with Crippen molar-refractivity contribution in [2.24, 2.45) is 0 Å². The lowest BCUT2D eigenvalue weighted by Crippen LogP contribution is -2.30. The number of thiazole rings is 1. The number of para-hydroxylation sites is 1. The summed E-state index contributed by atoms with van der Waals surface area (Å²) >= 11 is 1.47. The van der Waals surface area contributed by atoms with Crippen molar-refractivity contribution in [3.8, 4) is 5.75 Å².